The van der Waals surface area contributed by atoms with Crippen LogP contribution >= 0.6 is 27.5 Å². The Hall–Kier alpha value is -1.07. The SMILES string of the molecule is Cc1ccc(Br)c(C)c1COC(=O)C1(OC(=O)C2(Cl)C(C)(C)C2(C)C)C(C)(C)C1(C)C. The summed E-state index contributed by atoms with van der Waals surface area (Å²) in [5.41, 5.74) is -0.464. The van der Waals surface area contributed by atoms with Crippen molar-refractivity contribution in [2.45, 2.75) is 86.3 Å². The summed E-state index contributed by atoms with van der Waals surface area (Å²) in [5, 5.41) is 0. The van der Waals surface area contributed by atoms with E-state index in [0.717, 1.165) is 21.2 Å². The van der Waals surface area contributed by atoms with Crippen LogP contribution in [-0.4, -0.2) is 22.4 Å². The van der Waals surface area contributed by atoms with Gasteiger partial charge in [-0.1, -0.05) is 77.4 Å². The molecule has 0 radical (unpaired) electrons. The molecule has 0 aliphatic heterocycles. The number of ether oxygens (including phenoxy) is 2. The minimum atomic E-state index is -1.39. The molecule has 0 saturated heterocycles. The lowest BCUT2D eigenvalue weighted by Gasteiger charge is -2.24. The summed E-state index contributed by atoms with van der Waals surface area (Å²) in [5.74, 6) is -1.07. The van der Waals surface area contributed by atoms with E-state index in [2.05, 4.69) is 15.9 Å². The maximum Gasteiger partial charge on any atom is 0.352 e. The number of carbonyl (C=O) groups is 2. The highest BCUT2D eigenvalue weighted by atomic mass is 79.9. The Balaban J connectivity index is 1.89. The summed E-state index contributed by atoms with van der Waals surface area (Å²) in [6.07, 6.45) is 0. The van der Waals surface area contributed by atoms with Crippen LogP contribution in [0.2, 0.25) is 0 Å². The number of rotatable bonds is 5. The number of hydrogen-bond acceptors (Lipinski definition) is 4. The van der Waals surface area contributed by atoms with Crippen LogP contribution in [0.3, 0.4) is 0 Å². The minimum absolute atomic E-state index is 0.115. The molecule has 0 bridgehead atoms. The fourth-order valence-corrected chi connectivity index (χ4v) is 6.19. The minimum Gasteiger partial charge on any atom is -0.458 e. The van der Waals surface area contributed by atoms with Crippen LogP contribution in [0, 0.1) is 35.5 Å². The molecule has 0 atom stereocenters. The predicted octanol–water partition coefficient (Wildman–Crippen LogP) is 6.50. The Bertz CT molecular complexity index is 946. The summed E-state index contributed by atoms with van der Waals surface area (Å²) in [6, 6.07) is 3.96. The van der Waals surface area contributed by atoms with E-state index in [1.807, 2.05) is 81.4 Å². The molecule has 2 aliphatic rings. The molecular formula is C25H34BrClO4. The van der Waals surface area contributed by atoms with Crippen molar-refractivity contribution >= 4 is 39.5 Å². The van der Waals surface area contributed by atoms with Crippen LogP contribution < -0.4 is 0 Å². The standard InChI is InChI=1S/C25H34BrClO4/c1-14-11-12-17(26)15(2)16(14)13-30-19(29)25(22(7,8)23(25,9)10)31-18(28)24(27)20(3,4)21(24,5)6/h11-12H,13H2,1-10H3. The highest BCUT2D eigenvalue weighted by Crippen LogP contribution is 2.78. The van der Waals surface area contributed by atoms with Crippen molar-refractivity contribution in [1.82, 2.24) is 0 Å². The van der Waals surface area contributed by atoms with Crippen LogP contribution in [0.15, 0.2) is 16.6 Å². The molecule has 2 aliphatic carbocycles. The molecule has 6 heteroatoms. The molecule has 1 aromatic carbocycles. The van der Waals surface area contributed by atoms with E-state index in [0.29, 0.717) is 0 Å². The highest BCUT2D eigenvalue weighted by molar-refractivity contribution is 9.10. The first-order valence-corrected chi connectivity index (χ1v) is 11.9. The quantitative estimate of drug-likeness (QED) is 0.333. The van der Waals surface area contributed by atoms with Gasteiger partial charge in [-0.3, -0.25) is 4.79 Å². The van der Waals surface area contributed by atoms with Gasteiger partial charge >= 0.3 is 11.9 Å². The Morgan fingerprint density at radius 2 is 1.35 bits per heavy atom. The molecule has 1 aromatic rings. The highest BCUT2D eigenvalue weighted by Gasteiger charge is 2.88. The summed E-state index contributed by atoms with van der Waals surface area (Å²) in [7, 11) is 0. The zero-order valence-electron chi connectivity index (χ0n) is 20.3. The van der Waals surface area contributed by atoms with E-state index in [1.165, 1.54) is 0 Å². The van der Waals surface area contributed by atoms with Crippen molar-refractivity contribution in [3.8, 4) is 0 Å². The van der Waals surface area contributed by atoms with Gasteiger partial charge in [0.15, 0.2) is 4.87 Å². The third-order valence-electron chi connectivity index (χ3n) is 9.41. The number of benzene rings is 1. The number of esters is 2. The van der Waals surface area contributed by atoms with Crippen molar-refractivity contribution in [3.63, 3.8) is 0 Å². The van der Waals surface area contributed by atoms with Crippen molar-refractivity contribution in [1.29, 1.82) is 0 Å². The van der Waals surface area contributed by atoms with Crippen LogP contribution in [0.25, 0.3) is 0 Å². The lowest BCUT2D eigenvalue weighted by atomic mass is 10.0. The van der Waals surface area contributed by atoms with E-state index in [-0.39, 0.29) is 6.61 Å². The average molecular weight is 514 g/mol. The Morgan fingerprint density at radius 3 is 1.77 bits per heavy atom. The molecular weight excluding hydrogens is 480 g/mol. The zero-order valence-corrected chi connectivity index (χ0v) is 22.6. The molecule has 31 heavy (non-hydrogen) atoms. The average Bonchev–Trinajstić information content (AvgIpc) is 3.17. The molecule has 0 amide bonds. The lowest BCUT2D eigenvalue weighted by Crippen LogP contribution is -2.42. The van der Waals surface area contributed by atoms with Gasteiger partial charge < -0.3 is 9.47 Å². The summed E-state index contributed by atoms with van der Waals surface area (Å²) >= 11 is 10.3. The molecule has 3 rings (SSSR count). The molecule has 172 valence electrons. The fourth-order valence-electron chi connectivity index (χ4n) is 5.36. The first-order chi connectivity index (χ1) is 13.9. The third kappa shape index (κ3) is 2.71. The maximum absolute atomic E-state index is 13.5. The molecule has 2 fully saturated rings. The van der Waals surface area contributed by atoms with Gasteiger partial charge in [-0.2, -0.15) is 0 Å². The number of carbonyl (C=O) groups excluding carboxylic acids is 2. The molecule has 0 spiro atoms. The first-order valence-electron chi connectivity index (χ1n) is 10.7. The zero-order chi connectivity index (χ0) is 24.0. The molecule has 4 nitrogen and oxygen atoms in total. The van der Waals surface area contributed by atoms with E-state index in [1.54, 1.807) is 0 Å². The summed E-state index contributed by atoms with van der Waals surface area (Å²) < 4.78 is 12.8. The Labute approximate surface area is 199 Å². The first kappa shape index (κ1) is 24.6. The topological polar surface area (TPSA) is 52.6 Å². The van der Waals surface area contributed by atoms with Gasteiger partial charge in [-0.05, 0) is 36.6 Å². The molecule has 2 saturated carbocycles. The number of halogens is 2. The Morgan fingerprint density at radius 1 is 0.871 bits per heavy atom. The van der Waals surface area contributed by atoms with Gasteiger partial charge in [-0.15, -0.1) is 11.6 Å². The number of alkyl halides is 1. The van der Waals surface area contributed by atoms with Crippen molar-refractivity contribution in [2.75, 3.05) is 0 Å². The van der Waals surface area contributed by atoms with Gasteiger partial charge in [0, 0.05) is 26.1 Å². The Kier molecular flexibility index (Phi) is 5.33. The van der Waals surface area contributed by atoms with Crippen molar-refractivity contribution in [2.24, 2.45) is 21.7 Å². The van der Waals surface area contributed by atoms with Crippen LogP contribution in [0.4, 0.5) is 0 Å². The monoisotopic (exact) mass is 512 g/mol. The second kappa shape index (κ2) is 6.72. The van der Waals surface area contributed by atoms with Crippen molar-refractivity contribution < 1.29 is 19.1 Å². The van der Waals surface area contributed by atoms with Crippen LogP contribution in [0.5, 0.6) is 0 Å². The van der Waals surface area contributed by atoms with E-state index < -0.39 is 44.1 Å². The number of aryl methyl sites for hydroxylation is 1. The molecule has 0 heterocycles. The summed E-state index contributed by atoms with van der Waals surface area (Å²) in [6.45, 7) is 19.6. The van der Waals surface area contributed by atoms with Crippen LogP contribution in [0.1, 0.15) is 72.1 Å². The molecule has 0 unspecified atom stereocenters. The van der Waals surface area contributed by atoms with E-state index in [9.17, 15) is 9.59 Å². The maximum atomic E-state index is 13.5. The predicted molar refractivity (Wildman–Crippen MR) is 126 cm³/mol. The van der Waals surface area contributed by atoms with Gasteiger partial charge in [0.1, 0.15) is 6.61 Å². The van der Waals surface area contributed by atoms with Gasteiger partial charge in [-0.25, -0.2) is 4.79 Å². The van der Waals surface area contributed by atoms with Gasteiger partial charge in [0.2, 0.25) is 5.60 Å². The summed E-state index contributed by atoms with van der Waals surface area (Å²) in [4.78, 5) is 25.7. The van der Waals surface area contributed by atoms with Crippen molar-refractivity contribution in [3.05, 3.63) is 33.3 Å². The van der Waals surface area contributed by atoms with E-state index in [4.69, 9.17) is 21.1 Å². The number of hydrogen-bond donors (Lipinski definition) is 0. The second-order valence-corrected chi connectivity index (χ2v) is 12.7. The van der Waals surface area contributed by atoms with Gasteiger partial charge in [0.25, 0.3) is 0 Å². The lowest BCUT2D eigenvalue weighted by molar-refractivity contribution is -0.178. The van der Waals surface area contributed by atoms with E-state index >= 15 is 0 Å². The molecule has 0 aromatic heterocycles. The second-order valence-electron chi connectivity index (χ2n) is 11.3. The normalized spacial score (nSPS) is 24.8. The fraction of sp³-hybridized carbons (Fsp3) is 0.680. The largest absolute Gasteiger partial charge is 0.458 e. The smallest absolute Gasteiger partial charge is 0.352 e. The van der Waals surface area contributed by atoms with Crippen LogP contribution in [-0.2, 0) is 25.7 Å². The third-order valence-corrected chi connectivity index (χ3v) is 11.4. The molecule has 0 N–H and O–H groups in total. The van der Waals surface area contributed by atoms with Gasteiger partial charge in [0.05, 0.1) is 0 Å².